The predicted octanol–water partition coefficient (Wildman–Crippen LogP) is 4.17. The minimum Gasteiger partial charge on any atom is -0.307 e. The maximum absolute atomic E-state index is 12.4. The number of hydrogen-bond acceptors (Lipinski definition) is 1. The first-order valence-electron chi connectivity index (χ1n) is 7.41. The first kappa shape index (κ1) is 13.9. The van der Waals surface area contributed by atoms with Gasteiger partial charge in [-0.05, 0) is 36.3 Å². The Bertz CT molecular complexity index is 483. The molecule has 2 aliphatic rings. The molecule has 0 aromatic heterocycles. The van der Waals surface area contributed by atoms with Gasteiger partial charge in [-0.3, -0.25) is 0 Å². The number of benzene rings is 1. The summed E-state index contributed by atoms with van der Waals surface area (Å²) in [6.45, 7) is 0.0222. The molecule has 2 atom stereocenters. The van der Waals surface area contributed by atoms with E-state index in [0.717, 1.165) is 25.7 Å². The van der Waals surface area contributed by atoms with Crippen molar-refractivity contribution in [2.75, 3.05) is 6.54 Å². The van der Waals surface area contributed by atoms with Crippen LogP contribution in [0.2, 0.25) is 0 Å². The number of rotatable bonds is 3. The van der Waals surface area contributed by atoms with Crippen molar-refractivity contribution in [3.63, 3.8) is 0 Å². The lowest BCUT2D eigenvalue weighted by Gasteiger charge is -2.41. The number of nitrogens with one attached hydrogen (secondary N) is 1. The Hall–Kier alpha value is -1.03. The van der Waals surface area contributed by atoms with E-state index in [0.29, 0.717) is 5.92 Å². The molecule has 1 nitrogen and oxygen atoms in total. The maximum Gasteiger partial charge on any atom is 0.390 e. The second-order valence-corrected chi connectivity index (χ2v) is 6.07. The Balaban J connectivity index is 1.82. The molecule has 1 aromatic carbocycles. The van der Waals surface area contributed by atoms with Crippen LogP contribution >= 0.6 is 0 Å². The summed E-state index contributed by atoms with van der Waals surface area (Å²) < 4.78 is 37.2. The highest BCUT2D eigenvalue weighted by Crippen LogP contribution is 2.49. The van der Waals surface area contributed by atoms with Gasteiger partial charge in [0.25, 0.3) is 0 Å². The van der Waals surface area contributed by atoms with Gasteiger partial charge < -0.3 is 5.32 Å². The van der Waals surface area contributed by atoms with Gasteiger partial charge in [0, 0.05) is 12.1 Å². The minimum absolute atomic E-state index is 0.0222. The first-order chi connectivity index (χ1) is 9.51. The number of halogens is 3. The van der Waals surface area contributed by atoms with Crippen LogP contribution in [0, 0.1) is 5.92 Å². The summed E-state index contributed by atoms with van der Waals surface area (Å²) in [6, 6.07) is 8.25. The summed E-state index contributed by atoms with van der Waals surface area (Å²) in [4.78, 5) is 0. The standard InChI is InChI=1S/C16H20F3N/c17-16(18,19)9-10-20-15-8-4-3-6-13(15)11-12-5-1-2-7-14(12)15/h1-2,5,7,13,20H,3-4,6,8-11H2. The van der Waals surface area contributed by atoms with Crippen molar-refractivity contribution in [2.24, 2.45) is 5.92 Å². The van der Waals surface area contributed by atoms with Crippen LogP contribution in [0.15, 0.2) is 24.3 Å². The largest absolute Gasteiger partial charge is 0.390 e. The fourth-order valence-corrected chi connectivity index (χ4v) is 4.03. The molecule has 0 saturated heterocycles. The Kier molecular flexibility index (Phi) is 3.53. The van der Waals surface area contributed by atoms with E-state index in [1.54, 1.807) is 0 Å². The normalized spacial score (nSPS) is 29.1. The average Bonchev–Trinajstić information content (AvgIpc) is 2.72. The van der Waals surface area contributed by atoms with Crippen molar-refractivity contribution in [3.8, 4) is 0 Å². The van der Waals surface area contributed by atoms with Gasteiger partial charge in [0.05, 0.1) is 6.42 Å². The molecule has 0 radical (unpaired) electrons. The van der Waals surface area contributed by atoms with Crippen molar-refractivity contribution >= 4 is 0 Å². The van der Waals surface area contributed by atoms with E-state index >= 15 is 0 Å². The van der Waals surface area contributed by atoms with E-state index in [-0.39, 0.29) is 12.1 Å². The van der Waals surface area contributed by atoms with Gasteiger partial charge in [-0.1, -0.05) is 37.1 Å². The van der Waals surface area contributed by atoms with E-state index in [1.165, 1.54) is 17.5 Å². The Morgan fingerprint density at radius 3 is 2.80 bits per heavy atom. The van der Waals surface area contributed by atoms with Crippen molar-refractivity contribution < 1.29 is 13.2 Å². The third kappa shape index (κ3) is 2.46. The molecule has 0 spiro atoms. The molecule has 2 aliphatic carbocycles. The topological polar surface area (TPSA) is 12.0 Å². The van der Waals surface area contributed by atoms with Gasteiger partial charge in [0.15, 0.2) is 0 Å². The van der Waals surface area contributed by atoms with Gasteiger partial charge in [0.1, 0.15) is 0 Å². The van der Waals surface area contributed by atoms with E-state index in [4.69, 9.17) is 0 Å². The molecule has 1 aromatic rings. The van der Waals surface area contributed by atoms with Gasteiger partial charge in [-0.25, -0.2) is 0 Å². The smallest absolute Gasteiger partial charge is 0.307 e. The van der Waals surface area contributed by atoms with Crippen LogP contribution in [0.1, 0.15) is 43.2 Å². The highest BCUT2D eigenvalue weighted by atomic mass is 19.4. The Morgan fingerprint density at radius 1 is 1.20 bits per heavy atom. The van der Waals surface area contributed by atoms with Crippen LogP contribution in [-0.4, -0.2) is 12.7 Å². The molecular weight excluding hydrogens is 263 g/mol. The molecule has 20 heavy (non-hydrogen) atoms. The molecule has 4 heteroatoms. The molecule has 0 amide bonds. The van der Waals surface area contributed by atoms with Crippen molar-refractivity contribution in [3.05, 3.63) is 35.4 Å². The van der Waals surface area contributed by atoms with E-state index < -0.39 is 12.6 Å². The zero-order chi connectivity index (χ0) is 14.2. The molecule has 1 N–H and O–H groups in total. The lowest BCUT2D eigenvalue weighted by molar-refractivity contribution is -0.134. The first-order valence-corrected chi connectivity index (χ1v) is 7.41. The molecule has 2 unspecified atom stereocenters. The van der Waals surface area contributed by atoms with E-state index in [9.17, 15) is 13.2 Å². The second kappa shape index (κ2) is 5.06. The zero-order valence-electron chi connectivity index (χ0n) is 11.5. The molecule has 0 aliphatic heterocycles. The van der Waals surface area contributed by atoms with Crippen LogP contribution < -0.4 is 5.32 Å². The van der Waals surface area contributed by atoms with Gasteiger partial charge in [0.2, 0.25) is 0 Å². The predicted molar refractivity (Wildman–Crippen MR) is 72.5 cm³/mol. The van der Waals surface area contributed by atoms with Crippen LogP contribution in [0.5, 0.6) is 0 Å². The summed E-state index contributed by atoms with van der Waals surface area (Å²) >= 11 is 0. The second-order valence-electron chi connectivity index (χ2n) is 6.07. The Morgan fingerprint density at radius 2 is 2.00 bits per heavy atom. The number of fused-ring (bicyclic) bond motifs is 3. The van der Waals surface area contributed by atoms with E-state index in [1.807, 2.05) is 12.1 Å². The SMILES string of the molecule is FC(F)(F)CCNC12CCCCC1Cc1ccccc12. The van der Waals surface area contributed by atoms with Crippen LogP contribution in [0.3, 0.4) is 0 Å². The monoisotopic (exact) mass is 283 g/mol. The van der Waals surface area contributed by atoms with Gasteiger partial charge in [-0.2, -0.15) is 13.2 Å². The fourth-order valence-electron chi connectivity index (χ4n) is 4.03. The summed E-state index contributed by atoms with van der Waals surface area (Å²) in [5.41, 5.74) is 2.35. The number of alkyl halides is 3. The summed E-state index contributed by atoms with van der Waals surface area (Å²) in [5, 5.41) is 3.29. The van der Waals surface area contributed by atoms with Crippen LogP contribution in [-0.2, 0) is 12.0 Å². The third-order valence-electron chi connectivity index (χ3n) is 4.88. The molecule has 3 rings (SSSR count). The Labute approximate surface area is 117 Å². The lowest BCUT2D eigenvalue weighted by Crippen LogP contribution is -2.48. The summed E-state index contributed by atoms with van der Waals surface area (Å²) in [6.07, 6.45) is 0.566. The summed E-state index contributed by atoms with van der Waals surface area (Å²) in [5.74, 6) is 0.460. The molecule has 1 saturated carbocycles. The highest BCUT2D eigenvalue weighted by Gasteiger charge is 2.47. The van der Waals surface area contributed by atoms with Crippen molar-refractivity contribution in [2.45, 2.75) is 50.2 Å². The number of hydrogen-bond donors (Lipinski definition) is 1. The molecule has 110 valence electrons. The van der Waals surface area contributed by atoms with E-state index in [2.05, 4.69) is 17.4 Å². The molecule has 0 heterocycles. The molecule has 1 fully saturated rings. The maximum atomic E-state index is 12.4. The van der Waals surface area contributed by atoms with Gasteiger partial charge >= 0.3 is 6.18 Å². The molecule has 0 bridgehead atoms. The van der Waals surface area contributed by atoms with Crippen LogP contribution in [0.25, 0.3) is 0 Å². The van der Waals surface area contributed by atoms with Crippen LogP contribution in [0.4, 0.5) is 13.2 Å². The van der Waals surface area contributed by atoms with Crippen molar-refractivity contribution in [1.82, 2.24) is 5.32 Å². The highest BCUT2D eigenvalue weighted by molar-refractivity contribution is 5.40. The lowest BCUT2D eigenvalue weighted by atomic mass is 9.72. The third-order valence-corrected chi connectivity index (χ3v) is 4.88. The zero-order valence-corrected chi connectivity index (χ0v) is 11.5. The molecular formula is C16H20F3N. The minimum atomic E-state index is -4.08. The van der Waals surface area contributed by atoms with Crippen molar-refractivity contribution in [1.29, 1.82) is 0 Å². The van der Waals surface area contributed by atoms with Gasteiger partial charge in [-0.15, -0.1) is 0 Å². The average molecular weight is 283 g/mol. The summed E-state index contributed by atoms with van der Waals surface area (Å²) in [7, 11) is 0. The fraction of sp³-hybridized carbons (Fsp3) is 0.625. The quantitative estimate of drug-likeness (QED) is 0.878.